The van der Waals surface area contributed by atoms with Crippen LogP contribution in [0.25, 0.3) is 0 Å². The van der Waals surface area contributed by atoms with Crippen LogP contribution < -0.4 is 10.5 Å². The number of hydrogen-bond donors (Lipinski definition) is 2. The highest BCUT2D eigenvalue weighted by Crippen LogP contribution is 2.24. The second-order valence-corrected chi connectivity index (χ2v) is 5.25. The minimum absolute atomic E-state index is 0.0180. The molecule has 0 saturated carbocycles. The first-order chi connectivity index (χ1) is 9.47. The van der Waals surface area contributed by atoms with E-state index < -0.39 is 0 Å². The molecule has 0 aliphatic rings. The van der Waals surface area contributed by atoms with Gasteiger partial charge in [0.25, 0.3) is 0 Å². The fraction of sp³-hybridized carbons (Fsp3) is 0.133. The summed E-state index contributed by atoms with van der Waals surface area (Å²) in [5, 5.41) is 8.46. The lowest BCUT2D eigenvalue weighted by atomic mass is 10.1. The van der Waals surface area contributed by atoms with Gasteiger partial charge in [-0.1, -0.05) is 41.4 Å². The minimum atomic E-state index is 0.0180. The Morgan fingerprint density at radius 2 is 1.90 bits per heavy atom. The molecule has 5 heteroatoms. The minimum Gasteiger partial charge on any atom is -0.489 e. The maximum atomic E-state index is 7.44. The normalized spacial score (nSPS) is 10.3. The smallest absolute Gasteiger partial charge is 0.123 e. The average Bonchev–Trinajstić information content (AvgIpc) is 2.41. The molecule has 2 aromatic carbocycles. The Balaban J connectivity index is 2.15. The summed E-state index contributed by atoms with van der Waals surface area (Å²) >= 11 is 11.8. The third kappa shape index (κ3) is 3.44. The maximum Gasteiger partial charge on any atom is 0.123 e. The van der Waals surface area contributed by atoms with Crippen molar-refractivity contribution in [2.24, 2.45) is 5.73 Å². The van der Waals surface area contributed by atoms with E-state index in [4.69, 9.17) is 39.1 Å². The van der Waals surface area contributed by atoms with E-state index in [1.807, 2.05) is 19.1 Å². The summed E-state index contributed by atoms with van der Waals surface area (Å²) < 4.78 is 5.75. The van der Waals surface area contributed by atoms with Crippen LogP contribution in [-0.4, -0.2) is 5.84 Å². The van der Waals surface area contributed by atoms with Gasteiger partial charge in [0.2, 0.25) is 0 Å². The Hall–Kier alpha value is -1.71. The van der Waals surface area contributed by atoms with E-state index in [1.54, 1.807) is 24.3 Å². The number of aryl methyl sites for hydroxylation is 1. The topological polar surface area (TPSA) is 59.1 Å². The molecule has 0 unspecified atom stereocenters. The monoisotopic (exact) mass is 308 g/mol. The van der Waals surface area contributed by atoms with Crippen LogP contribution >= 0.6 is 23.2 Å². The number of rotatable bonds is 4. The molecule has 3 N–H and O–H groups in total. The molecule has 0 amide bonds. The van der Waals surface area contributed by atoms with Gasteiger partial charge in [0, 0.05) is 5.56 Å². The molecule has 104 valence electrons. The van der Waals surface area contributed by atoms with Gasteiger partial charge in [-0.25, -0.2) is 0 Å². The predicted octanol–water partition coefficient (Wildman–Crippen LogP) is 4.16. The van der Waals surface area contributed by atoms with Crippen LogP contribution in [-0.2, 0) is 6.61 Å². The number of halogens is 2. The first kappa shape index (κ1) is 14.7. The van der Waals surface area contributed by atoms with E-state index in [-0.39, 0.29) is 5.84 Å². The number of hydrogen-bond acceptors (Lipinski definition) is 2. The van der Waals surface area contributed by atoms with Crippen LogP contribution in [0.4, 0.5) is 0 Å². The van der Waals surface area contributed by atoms with Crippen molar-refractivity contribution in [2.45, 2.75) is 13.5 Å². The summed E-state index contributed by atoms with van der Waals surface area (Å²) in [7, 11) is 0. The van der Waals surface area contributed by atoms with Crippen LogP contribution in [0.2, 0.25) is 10.0 Å². The average molecular weight is 309 g/mol. The van der Waals surface area contributed by atoms with Gasteiger partial charge in [0.1, 0.15) is 18.2 Å². The summed E-state index contributed by atoms with van der Waals surface area (Å²) in [5.41, 5.74) is 8.02. The fourth-order valence-electron chi connectivity index (χ4n) is 1.71. The number of nitrogens with two attached hydrogens (primary N) is 1. The van der Waals surface area contributed by atoms with Crippen molar-refractivity contribution in [2.75, 3.05) is 0 Å². The van der Waals surface area contributed by atoms with Crippen LogP contribution in [0.3, 0.4) is 0 Å². The van der Waals surface area contributed by atoms with E-state index in [9.17, 15) is 0 Å². The molecule has 0 aliphatic carbocycles. The van der Waals surface area contributed by atoms with Crippen molar-refractivity contribution in [3.05, 3.63) is 63.1 Å². The Bertz CT molecular complexity index is 656. The molecule has 0 saturated heterocycles. The number of amidine groups is 1. The van der Waals surface area contributed by atoms with E-state index in [1.165, 1.54) is 0 Å². The second-order valence-electron chi connectivity index (χ2n) is 4.43. The zero-order chi connectivity index (χ0) is 14.7. The summed E-state index contributed by atoms with van der Waals surface area (Å²) in [6.07, 6.45) is 0. The zero-order valence-electron chi connectivity index (χ0n) is 10.9. The molecule has 0 bridgehead atoms. The standard InChI is InChI=1S/C15H14Cl2N2O/c1-9-2-4-11(15(18)19)7-14(9)20-8-10-3-5-12(16)13(17)6-10/h2-7H,8H2,1H3,(H3,18,19). The Morgan fingerprint density at radius 3 is 2.55 bits per heavy atom. The maximum absolute atomic E-state index is 7.44. The van der Waals surface area contributed by atoms with Gasteiger partial charge in [0.15, 0.2) is 0 Å². The van der Waals surface area contributed by atoms with E-state index >= 15 is 0 Å². The van der Waals surface area contributed by atoms with Gasteiger partial charge in [0.05, 0.1) is 10.0 Å². The van der Waals surface area contributed by atoms with Gasteiger partial charge in [-0.15, -0.1) is 0 Å². The van der Waals surface area contributed by atoms with Crippen molar-refractivity contribution in [1.82, 2.24) is 0 Å². The molecule has 3 nitrogen and oxygen atoms in total. The van der Waals surface area contributed by atoms with Crippen molar-refractivity contribution < 1.29 is 4.74 Å². The van der Waals surface area contributed by atoms with E-state index in [2.05, 4.69) is 0 Å². The molecule has 0 fully saturated rings. The van der Waals surface area contributed by atoms with E-state index in [0.29, 0.717) is 28.0 Å². The number of nitrogen functional groups attached to an aromatic ring is 1. The quantitative estimate of drug-likeness (QED) is 0.658. The summed E-state index contributed by atoms with van der Waals surface area (Å²) in [6.45, 7) is 2.31. The highest BCUT2D eigenvalue weighted by atomic mass is 35.5. The van der Waals surface area contributed by atoms with Crippen molar-refractivity contribution >= 4 is 29.0 Å². The van der Waals surface area contributed by atoms with Crippen LogP contribution in [0.1, 0.15) is 16.7 Å². The SMILES string of the molecule is Cc1ccc(C(=N)N)cc1OCc1ccc(Cl)c(Cl)c1. The first-order valence-electron chi connectivity index (χ1n) is 5.99. The fourth-order valence-corrected chi connectivity index (χ4v) is 2.03. The molecule has 0 spiro atoms. The lowest BCUT2D eigenvalue weighted by molar-refractivity contribution is 0.304. The molecule has 0 radical (unpaired) electrons. The van der Waals surface area contributed by atoms with Gasteiger partial charge >= 0.3 is 0 Å². The summed E-state index contributed by atoms with van der Waals surface area (Å²) in [4.78, 5) is 0. The lowest BCUT2D eigenvalue weighted by Gasteiger charge is -2.11. The van der Waals surface area contributed by atoms with Gasteiger partial charge < -0.3 is 10.5 Å². The van der Waals surface area contributed by atoms with Gasteiger partial charge in [-0.05, 0) is 36.2 Å². The van der Waals surface area contributed by atoms with E-state index in [0.717, 1.165) is 11.1 Å². The van der Waals surface area contributed by atoms with Crippen molar-refractivity contribution in [1.29, 1.82) is 5.41 Å². The molecule has 20 heavy (non-hydrogen) atoms. The number of ether oxygens (including phenoxy) is 1. The molecule has 0 heterocycles. The third-order valence-corrected chi connectivity index (χ3v) is 3.62. The number of benzene rings is 2. The zero-order valence-corrected chi connectivity index (χ0v) is 12.4. The molecular weight excluding hydrogens is 295 g/mol. The van der Waals surface area contributed by atoms with Crippen molar-refractivity contribution in [3.8, 4) is 5.75 Å². The molecular formula is C15H14Cl2N2O. The second kappa shape index (κ2) is 6.16. The predicted molar refractivity (Wildman–Crippen MR) is 83.0 cm³/mol. The molecule has 2 aromatic rings. The summed E-state index contributed by atoms with van der Waals surface area (Å²) in [6, 6.07) is 10.8. The Morgan fingerprint density at radius 1 is 1.15 bits per heavy atom. The van der Waals surface area contributed by atoms with Gasteiger partial charge in [-0.3, -0.25) is 5.41 Å². The van der Waals surface area contributed by atoms with Crippen molar-refractivity contribution in [3.63, 3.8) is 0 Å². The molecule has 2 rings (SSSR count). The van der Waals surface area contributed by atoms with Crippen LogP contribution in [0.15, 0.2) is 36.4 Å². The third-order valence-electron chi connectivity index (χ3n) is 2.88. The highest BCUT2D eigenvalue weighted by Gasteiger charge is 2.05. The molecule has 0 aromatic heterocycles. The summed E-state index contributed by atoms with van der Waals surface area (Å²) in [5.74, 6) is 0.716. The largest absolute Gasteiger partial charge is 0.489 e. The Labute approximate surface area is 127 Å². The lowest BCUT2D eigenvalue weighted by Crippen LogP contribution is -2.11. The highest BCUT2D eigenvalue weighted by molar-refractivity contribution is 6.42. The van der Waals surface area contributed by atoms with Crippen LogP contribution in [0.5, 0.6) is 5.75 Å². The molecule has 0 atom stereocenters. The van der Waals surface area contributed by atoms with Crippen LogP contribution in [0, 0.1) is 12.3 Å². The Kier molecular flexibility index (Phi) is 4.53. The number of nitrogens with one attached hydrogen (secondary N) is 1. The first-order valence-corrected chi connectivity index (χ1v) is 6.74. The molecule has 0 aliphatic heterocycles. The van der Waals surface area contributed by atoms with Gasteiger partial charge in [-0.2, -0.15) is 0 Å².